The SMILES string of the molecule is Cc1cc(NN)nc(CN2CCOCC2C)n1. The number of hydrogen-bond acceptors (Lipinski definition) is 6. The van der Waals surface area contributed by atoms with Crippen molar-refractivity contribution in [3.63, 3.8) is 0 Å². The number of hydrogen-bond donors (Lipinski definition) is 2. The van der Waals surface area contributed by atoms with Crippen LogP contribution in [0.25, 0.3) is 0 Å². The van der Waals surface area contributed by atoms with E-state index >= 15 is 0 Å². The first-order chi connectivity index (χ1) is 8.19. The van der Waals surface area contributed by atoms with Crippen LogP contribution in [0.5, 0.6) is 0 Å². The number of nitrogens with zero attached hydrogens (tertiary/aromatic N) is 3. The Hall–Kier alpha value is -1.24. The molecule has 0 spiro atoms. The third kappa shape index (κ3) is 3.12. The van der Waals surface area contributed by atoms with Crippen molar-refractivity contribution in [2.75, 3.05) is 25.2 Å². The van der Waals surface area contributed by atoms with Crippen LogP contribution in [-0.4, -0.2) is 40.7 Å². The van der Waals surface area contributed by atoms with Crippen molar-refractivity contribution in [3.8, 4) is 0 Å². The molecule has 94 valence electrons. The van der Waals surface area contributed by atoms with Crippen LogP contribution in [-0.2, 0) is 11.3 Å². The summed E-state index contributed by atoms with van der Waals surface area (Å²) in [5.74, 6) is 6.83. The first-order valence-electron chi connectivity index (χ1n) is 5.82. The van der Waals surface area contributed by atoms with Crippen LogP contribution in [0.3, 0.4) is 0 Å². The fraction of sp³-hybridized carbons (Fsp3) is 0.636. The third-order valence-corrected chi connectivity index (χ3v) is 2.90. The van der Waals surface area contributed by atoms with Crippen LogP contribution in [0, 0.1) is 6.92 Å². The number of hydrazine groups is 1. The van der Waals surface area contributed by atoms with Crippen molar-refractivity contribution in [3.05, 3.63) is 17.6 Å². The van der Waals surface area contributed by atoms with E-state index in [-0.39, 0.29) is 0 Å². The monoisotopic (exact) mass is 237 g/mol. The van der Waals surface area contributed by atoms with Gasteiger partial charge in [-0.3, -0.25) is 4.90 Å². The number of nitrogens with one attached hydrogen (secondary N) is 1. The van der Waals surface area contributed by atoms with Gasteiger partial charge in [-0.1, -0.05) is 0 Å². The topological polar surface area (TPSA) is 76.3 Å². The van der Waals surface area contributed by atoms with Crippen molar-refractivity contribution < 1.29 is 4.74 Å². The minimum absolute atomic E-state index is 0.405. The van der Waals surface area contributed by atoms with Crippen molar-refractivity contribution >= 4 is 5.82 Å². The van der Waals surface area contributed by atoms with Crippen molar-refractivity contribution in [1.82, 2.24) is 14.9 Å². The van der Waals surface area contributed by atoms with Crippen LogP contribution >= 0.6 is 0 Å². The molecule has 1 atom stereocenters. The zero-order valence-corrected chi connectivity index (χ0v) is 10.3. The normalized spacial score (nSPS) is 21.5. The van der Waals surface area contributed by atoms with Gasteiger partial charge in [0.1, 0.15) is 11.6 Å². The Bertz CT molecular complexity index is 384. The predicted octanol–water partition coefficient (Wildman–Crippen LogP) is 0.291. The largest absolute Gasteiger partial charge is 0.379 e. The second kappa shape index (κ2) is 5.39. The van der Waals surface area contributed by atoms with Crippen LogP contribution < -0.4 is 11.3 Å². The minimum Gasteiger partial charge on any atom is -0.379 e. The van der Waals surface area contributed by atoms with Crippen LogP contribution in [0.15, 0.2) is 6.07 Å². The molecule has 1 unspecified atom stereocenters. The average Bonchev–Trinajstić information content (AvgIpc) is 2.31. The third-order valence-electron chi connectivity index (χ3n) is 2.90. The highest BCUT2D eigenvalue weighted by atomic mass is 16.5. The van der Waals surface area contributed by atoms with E-state index in [1.54, 1.807) is 0 Å². The summed E-state index contributed by atoms with van der Waals surface area (Å²) >= 11 is 0. The summed E-state index contributed by atoms with van der Waals surface area (Å²) in [6.45, 7) is 7.29. The first-order valence-corrected chi connectivity index (χ1v) is 5.82. The molecule has 1 aliphatic rings. The molecule has 1 aliphatic heterocycles. The molecule has 6 heteroatoms. The van der Waals surface area contributed by atoms with E-state index in [0.717, 1.165) is 37.8 Å². The van der Waals surface area contributed by atoms with Crippen LogP contribution in [0.4, 0.5) is 5.82 Å². The van der Waals surface area contributed by atoms with E-state index < -0.39 is 0 Å². The van der Waals surface area contributed by atoms with Crippen LogP contribution in [0.2, 0.25) is 0 Å². The minimum atomic E-state index is 0.405. The van der Waals surface area contributed by atoms with Gasteiger partial charge in [-0.15, -0.1) is 0 Å². The number of nitrogen functional groups attached to an aromatic ring is 1. The van der Waals surface area contributed by atoms with Gasteiger partial charge in [0.05, 0.1) is 19.8 Å². The summed E-state index contributed by atoms with van der Waals surface area (Å²) in [5.41, 5.74) is 3.48. The van der Waals surface area contributed by atoms with Gasteiger partial charge in [-0.2, -0.15) is 0 Å². The number of aryl methyl sites for hydroxylation is 1. The van der Waals surface area contributed by atoms with Gasteiger partial charge in [0, 0.05) is 24.3 Å². The van der Waals surface area contributed by atoms with Crippen molar-refractivity contribution in [1.29, 1.82) is 0 Å². The molecule has 1 aromatic heterocycles. The van der Waals surface area contributed by atoms with E-state index in [0.29, 0.717) is 11.9 Å². The molecule has 1 fully saturated rings. The van der Waals surface area contributed by atoms with E-state index in [9.17, 15) is 0 Å². The maximum Gasteiger partial charge on any atom is 0.145 e. The molecule has 0 bridgehead atoms. The molecule has 2 rings (SSSR count). The molecule has 3 N–H and O–H groups in total. The van der Waals surface area contributed by atoms with Gasteiger partial charge in [-0.05, 0) is 13.8 Å². The lowest BCUT2D eigenvalue weighted by Crippen LogP contribution is -2.43. The summed E-state index contributed by atoms with van der Waals surface area (Å²) in [7, 11) is 0. The molecule has 0 amide bonds. The molecule has 1 saturated heterocycles. The Labute approximate surface area is 101 Å². The molecule has 6 nitrogen and oxygen atoms in total. The fourth-order valence-electron chi connectivity index (χ4n) is 1.95. The lowest BCUT2D eigenvalue weighted by atomic mass is 10.2. The second-order valence-corrected chi connectivity index (χ2v) is 4.35. The molecule has 0 aromatic carbocycles. The maximum absolute atomic E-state index is 5.40. The predicted molar refractivity (Wildman–Crippen MR) is 65.3 cm³/mol. The van der Waals surface area contributed by atoms with Gasteiger partial charge in [-0.25, -0.2) is 15.8 Å². The van der Waals surface area contributed by atoms with Gasteiger partial charge < -0.3 is 10.2 Å². The Balaban J connectivity index is 2.09. The summed E-state index contributed by atoms with van der Waals surface area (Å²) in [6, 6.07) is 2.23. The number of ether oxygens (including phenoxy) is 1. The Kier molecular flexibility index (Phi) is 3.88. The molecule has 1 aromatic rings. The van der Waals surface area contributed by atoms with E-state index in [4.69, 9.17) is 10.6 Å². The zero-order valence-electron chi connectivity index (χ0n) is 10.3. The first kappa shape index (κ1) is 12.2. The van der Waals surface area contributed by atoms with E-state index in [1.807, 2.05) is 13.0 Å². The molecular weight excluding hydrogens is 218 g/mol. The Morgan fingerprint density at radius 2 is 2.41 bits per heavy atom. The van der Waals surface area contributed by atoms with Gasteiger partial charge in [0.2, 0.25) is 0 Å². The van der Waals surface area contributed by atoms with Gasteiger partial charge in [0.25, 0.3) is 0 Å². The molecule has 2 heterocycles. The lowest BCUT2D eigenvalue weighted by Gasteiger charge is -2.32. The number of aromatic nitrogens is 2. The Morgan fingerprint density at radius 3 is 3.12 bits per heavy atom. The molecule has 17 heavy (non-hydrogen) atoms. The zero-order chi connectivity index (χ0) is 12.3. The quantitative estimate of drug-likeness (QED) is 0.581. The van der Waals surface area contributed by atoms with Gasteiger partial charge in [0.15, 0.2) is 0 Å². The lowest BCUT2D eigenvalue weighted by molar-refractivity contribution is -0.00549. The second-order valence-electron chi connectivity index (χ2n) is 4.35. The van der Waals surface area contributed by atoms with Crippen molar-refractivity contribution in [2.24, 2.45) is 5.84 Å². The molecular formula is C11H19N5O. The molecule has 0 radical (unpaired) electrons. The van der Waals surface area contributed by atoms with E-state index in [2.05, 4.69) is 27.2 Å². The van der Waals surface area contributed by atoms with Crippen LogP contribution in [0.1, 0.15) is 18.4 Å². The smallest absolute Gasteiger partial charge is 0.145 e. The number of morpholine rings is 1. The summed E-state index contributed by atoms with van der Waals surface area (Å²) in [5, 5.41) is 0. The summed E-state index contributed by atoms with van der Waals surface area (Å²) in [4.78, 5) is 11.1. The summed E-state index contributed by atoms with van der Waals surface area (Å²) in [6.07, 6.45) is 0. The van der Waals surface area contributed by atoms with Gasteiger partial charge >= 0.3 is 0 Å². The van der Waals surface area contributed by atoms with Crippen molar-refractivity contribution in [2.45, 2.75) is 26.4 Å². The standard InChI is InChI=1S/C11H19N5O/c1-8-5-10(15-12)14-11(13-8)6-16-3-4-17-7-9(16)2/h5,9H,3-4,6-7,12H2,1-2H3,(H,13,14,15). The maximum atomic E-state index is 5.40. The number of anilines is 1. The summed E-state index contributed by atoms with van der Waals surface area (Å²) < 4.78 is 5.40. The molecule has 0 saturated carbocycles. The highest BCUT2D eigenvalue weighted by Gasteiger charge is 2.19. The Morgan fingerprint density at radius 1 is 1.59 bits per heavy atom. The fourth-order valence-corrected chi connectivity index (χ4v) is 1.95. The number of nitrogens with two attached hydrogens (primary N) is 1. The number of rotatable bonds is 3. The highest BCUT2D eigenvalue weighted by Crippen LogP contribution is 2.11. The molecule has 0 aliphatic carbocycles. The average molecular weight is 237 g/mol. The highest BCUT2D eigenvalue weighted by molar-refractivity contribution is 5.33. The van der Waals surface area contributed by atoms with E-state index in [1.165, 1.54) is 0 Å².